The molecule has 0 amide bonds. The van der Waals surface area contributed by atoms with Crippen LogP contribution in [0.5, 0.6) is 0 Å². The maximum absolute atomic E-state index is 3.97. The lowest BCUT2D eigenvalue weighted by molar-refractivity contribution is 0.763. The van der Waals surface area contributed by atoms with Crippen molar-refractivity contribution in [3.05, 3.63) is 34.1 Å². The second kappa shape index (κ2) is 4.10. The van der Waals surface area contributed by atoms with Crippen LogP contribution in [0, 0.1) is 6.92 Å². The van der Waals surface area contributed by atoms with Gasteiger partial charge in [-0.3, -0.25) is 0 Å². The highest BCUT2D eigenvalue weighted by molar-refractivity contribution is 9.10. The summed E-state index contributed by atoms with van der Waals surface area (Å²) in [4.78, 5) is 0. The topological polar surface area (TPSA) is 43.6 Å². The van der Waals surface area contributed by atoms with Gasteiger partial charge in [-0.15, -0.1) is 5.10 Å². The molecule has 0 atom stereocenters. The average Bonchev–Trinajstić information content (AvgIpc) is 2.65. The molecule has 0 radical (unpaired) electrons. The minimum atomic E-state index is 0.813. The summed E-state index contributed by atoms with van der Waals surface area (Å²) in [5, 5.41) is 11.6. The first kappa shape index (κ1) is 10.3. The van der Waals surface area contributed by atoms with Gasteiger partial charge in [-0.1, -0.05) is 13.0 Å². The molecule has 2 rings (SSSR count). The van der Waals surface area contributed by atoms with E-state index in [4.69, 9.17) is 0 Å². The Kier molecular flexibility index (Phi) is 2.81. The molecule has 0 saturated carbocycles. The van der Waals surface area contributed by atoms with Crippen molar-refractivity contribution in [1.29, 1.82) is 0 Å². The molecular formula is C10H11BrN4. The molecule has 0 unspecified atom stereocenters. The highest BCUT2D eigenvalue weighted by Gasteiger charge is 2.08. The Morgan fingerprint density at radius 3 is 2.87 bits per heavy atom. The molecule has 4 nitrogen and oxygen atoms in total. The standard InChI is InChI=1S/C10H11BrN4/c1-3-10-12-13-14-15(10)9-5-4-7(2)6-8(9)11/h4-6H,3H2,1-2H3. The van der Waals surface area contributed by atoms with E-state index in [1.54, 1.807) is 4.68 Å². The zero-order valence-electron chi connectivity index (χ0n) is 8.61. The van der Waals surface area contributed by atoms with Crippen LogP contribution in [0.4, 0.5) is 0 Å². The van der Waals surface area contributed by atoms with Gasteiger partial charge in [0.1, 0.15) is 0 Å². The summed E-state index contributed by atoms with van der Waals surface area (Å²) in [6, 6.07) is 6.10. The summed E-state index contributed by atoms with van der Waals surface area (Å²) >= 11 is 3.52. The van der Waals surface area contributed by atoms with E-state index in [-0.39, 0.29) is 0 Å². The number of rotatable bonds is 2. The lowest BCUT2D eigenvalue weighted by atomic mass is 10.2. The Bertz CT molecular complexity index is 478. The number of aromatic nitrogens is 4. The lowest BCUT2D eigenvalue weighted by Crippen LogP contribution is -2.03. The van der Waals surface area contributed by atoms with Crippen molar-refractivity contribution in [3.8, 4) is 5.69 Å². The quantitative estimate of drug-likeness (QED) is 0.838. The monoisotopic (exact) mass is 266 g/mol. The van der Waals surface area contributed by atoms with Gasteiger partial charge in [-0.05, 0) is 51.0 Å². The van der Waals surface area contributed by atoms with Gasteiger partial charge in [-0.25, -0.2) is 0 Å². The first-order valence-corrected chi connectivity index (χ1v) is 5.55. The molecule has 0 aliphatic rings. The number of halogens is 1. The van der Waals surface area contributed by atoms with Crippen molar-refractivity contribution >= 4 is 15.9 Å². The smallest absolute Gasteiger partial charge is 0.156 e. The molecule has 0 aliphatic carbocycles. The van der Waals surface area contributed by atoms with Crippen LogP contribution in [0.25, 0.3) is 5.69 Å². The third-order valence-electron chi connectivity index (χ3n) is 2.18. The Labute approximate surface area is 96.4 Å². The van der Waals surface area contributed by atoms with Gasteiger partial charge in [0.15, 0.2) is 5.82 Å². The molecule has 0 aliphatic heterocycles. The van der Waals surface area contributed by atoms with Gasteiger partial charge >= 0.3 is 0 Å². The molecule has 2 aromatic rings. The second-order valence-electron chi connectivity index (χ2n) is 3.32. The van der Waals surface area contributed by atoms with Crippen molar-refractivity contribution < 1.29 is 0 Å². The number of hydrogen-bond donors (Lipinski definition) is 0. The third kappa shape index (κ3) is 1.92. The third-order valence-corrected chi connectivity index (χ3v) is 2.82. The molecule has 1 aromatic carbocycles. The van der Waals surface area contributed by atoms with Gasteiger partial charge in [-0.2, -0.15) is 4.68 Å². The first-order valence-electron chi connectivity index (χ1n) is 4.76. The minimum absolute atomic E-state index is 0.813. The molecule has 15 heavy (non-hydrogen) atoms. The van der Waals surface area contributed by atoms with Crippen molar-refractivity contribution in [3.63, 3.8) is 0 Å². The molecule has 78 valence electrons. The molecule has 1 aromatic heterocycles. The van der Waals surface area contributed by atoms with E-state index < -0.39 is 0 Å². The second-order valence-corrected chi connectivity index (χ2v) is 4.17. The minimum Gasteiger partial charge on any atom is -0.196 e. The van der Waals surface area contributed by atoms with Crippen LogP contribution in [0.3, 0.4) is 0 Å². The van der Waals surface area contributed by atoms with E-state index in [2.05, 4.69) is 44.4 Å². The summed E-state index contributed by atoms with van der Waals surface area (Å²) in [6.07, 6.45) is 0.813. The molecule has 0 fully saturated rings. The molecule has 0 N–H and O–H groups in total. The van der Waals surface area contributed by atoms with Crippen LogP contribution in [0.2, 0.25) is 0 Å². The van der Waals surface area contributed by atoms with Crippen molar-refractivity contribution in [2.45, 2.75) is 20.3 Å². The van der Waals surface area contributed by atoms with E-state index >= 15 is 0 Å². The average molecular weight is 267 g/mol. The molecular weight excluding hydrogens is 256 g/mol. The maximum Gasteiger partial charge on any atom is 0.156 e. The highest BCUT2D eigenvalue weighted by Crippen LogP contribution is 2.22. The SMILES string of the molecule is CCc1nnnn1-c1ccc(C)cc1Br. The number of tetrazole rings is 1. The van der Waals surface area contributed by atoms with Gasteiger partial charge in [0.05, 0.1) is 5.69 Å². The van der Waals surface area contributed by atoms with Crippen molar-refractivity contribution in [1.82, 2.24) is 20.2 Å². The molecule has 5 heteroatoms. The number of aryl methyl sites for hydroxylation is 2. The zero-order chi connectivity index (χ0) is 10.8. The van der Waals surface area contributed by atoms with Crippen LogP contribution >= 0.6 is 15.9 Å². The van der Waals surface area contributed by atoms with Crippen LogP contribution in [0.15, 0.2) is 22.7 Å². The number of hydrogen-bond acceptors (Lipinski definition) is 3. The van der Waals surface area contributed by atoms with E-state index in [1.165, 1.54) is 5.56 Å². The molecule has 1 heterocycles. The van der Waals surface area contributed by atoms with Crippen LogP contribution in [-0.4, -0.2) is 20.2 Å². The van der Waals surface area contributed by atoms with Gasteiger partial charge in [0.25, 0.3) is 0 Å². The van der Waals surface area contributed by atoms with Crippen molar-refractivity contribution in [2.24, 2.45) is 0 Å². The Balaban J connectivity index is 2.54. The summed E-state index contributed by atoms with van der Waals surface area (Å²) in [7, 11) is 0. The van der Waals surface area contributed by atoms with Crippen LogP contribution in [-0.2, 0) is 6.42 Å². The van der Waals surface area contributed by atoms with E-state index in [1.807, 2.05) is 19.1 Å². The predicted octanol–water partition coefficient (Wildman–Crippen LogP) is 2.30. The summed E-state index contributed by atoms with van der Waals surface area (Å²) in [5.74, 6) is 0.861. The van der Waals surface area contributed by atoms with Gasteiger partial charge in [0, 0.05) is 10.9 Å². The van der Waals surface area contributed by atoms with Crippen LogP contribution in [0.1, 0.15) is 18.3 Å². The zero-order valence-corrected chi connectivity index (χ0v) is 10.2. The molecule has 0 spiro atoms. The molecule has 0 saturated heterocycles. The van der Waals surface area contributed by atoms with E-state index in [9.17, 15) is 0 Å². The lowest BCUT2D eigenvalue weighted by Gasteiger charge is -2.06. The number of nitrogens with zero attached hydrogens (tertiary/aromatic N) is 4. The first-order chi connectivity index (χ1) is 7.22. The fraction of sp³-hybridized carbons (Fsp3) is 0.300. The Morgan fingerprint density at radius 1 is 1.40 bits per heavy atom. The van der Waals surface area contributed by atoms with E-state index in [0.29, 0.717) is 0 Å². The Hall–Kier alpha value is -1.23. The van der Waals surface area contributed by atoms with Crippen molar-refractivity contribution in [2.75, 3.05) is 0 Å². The largest absolute Gasteiger partial charge is 0.196 e. The maximum atomic E-state index is 3.97. The Morgan fingerprint density at radius 2 is 2.20 bits per heavy atom. The summed E-state index contributed by atoms with van der Waals surface area (Å²) in [5.41, 5.74) is 2.18. The van der Waals surface area contributed by atoms with Gasteiger partial charge in [0.2, 0.25) is 0 Å². The van der Waals surface area contributed by atoms with Crippen LogP contribution < -0.4 is 0 Å². The fourth-order valence-corrected chi connectivity index (χ4v) is 2.06. The van der Waals surface area contributed by atoms with Gasteiger partial charge < -0.3 is 0 Å². The summed E-state index contributed by atoms with van der Waals surface area (Å²) in [6.45, 7) is 4.08. The molecule has 0 bridgehead atoms. The predicted molar refractivity (Wildman–Crippen MR) is 61.0 cm³/mol. The summed E-state index contributed by atoms with van der Waals surface area (Å²) < 4.78 is 2.76. The number of benzene rings is 1. The normalized spacial score (nSPS) is 10.6. The highest BCUT2D eigenvalue weighted by atomic mass is 79.9. The fourth-order valence-electron chi connectivity index (χ4n) is 1.40. The van der Waals surface area contributed by atoms with E-state index in [0.717, 1.165) is 22.4 Å².